The molecule has 6 heteroatoms. The van der Waals surface area contributed by atoms with E-state index < -0.39 is 0 Å². The fourth-order valence-corrected chi connectivity index (χ4v) is 3.75. The molecular formula is C18H20N4OS. The fraction of sp³-hybridized carbons (Fsp3) is 0.278. The number of aromatic amines is 1. The highest BCUT2D eigenvalue weighted by molar-refractivity contribution is 7.04. The third-order valence-electron chi connectivity index (χ3n) is 4.07. The molecule has 3 heterocycles. The Kier molecular flexibility index (Phi) is 4.01. The average Bonchev–Trinajstić information content (AvgIpc) is 3.17. The number of aryl methyl sites for hydroxylation is 4. The van der Waals surface area contributed by atoms with Gasteiger partial charge in [0.2, 0.25) is 0 Å². The molecule has 0 fully saturated rings. The number of nitrogens with zero attached hydrogens (tertiary/aromatic N) is 3. The van der Waals surface area contributed by atoms with E-state index in [0.29, 0.717) is 0 Å². The fourth-order valence-electron chi connectivity index (χ4n) is 3.04. The van der Waals surface area contributed by atoms with Gasteiger partial charge in [0.15, 0.2) is 0 Å². The predicted octanol–water partition coefficient (Wildman–Crippen LogP) is 5.21. The van der Waals surface area contributed by atoms with E-state index in [0.717, 1.165) is 56.3 Å². The molecular weight excluding hydrogens is 320 g/mol. The van der Waals surface area contributed by atoms with Gasteiger partial charge in [0.05, 0.1) is 22.4 Å². The molecule has 5 nitrogen and oxygen atoms in total. The molecule has 3 aromatic heterocycles. The van der Waals surface area contributed by atoms with Crippen LogP contribution in [0.15, 0.2) is 22.0 Å². The summed E-state index contributed by atoms with van der Waals surface area (Å²) in [4.78, 5) is 8.00. The molecule has 4 rings (SSSR count). The molecule has 0 atom stereocenters. The Bertz CT molecular complexity index is 1010. The average molecular weight is 340 g/mol. The molecule has 24 heavy (non-hydrogen) atoms. The van der Waals surface area contributed by atoms with Crippen molar-refractivity contribution in [3.8, 4) is 22.3 Å². The molecule has 4 aromatic rings. The number of H-pyrrole nitrogens is 1. The standard InChI is InChI=1S/C17H16N4OS.CH4/c1-8-14(7-23-21-8)13-5-12(16-9(2)20-22-10(16)3)6-15-17(13)19-11(4)18-15;/h5-7H,1-4H3,(H,18,19);1H4. The zero-order valence-electron chi connectivity index (χ0n) is 13.4. The first kappa shape index (κ1) is 16.4. The zero-order valence-corrected chi connectivity index (χ0v) is 14.2. The van der Waals surface area contributed by atoms with Crippen molar-refractivity contribution in [3.63, 3.8) is 0 Å². The molecule has 0 aliphatic heterocycles. The Morgan fingerprint density at radius 2 is 1.83 bits per heavy atom. The molecule has 0 saturated heterocycles. The number of hydrogen-bond donors (Lipinski definition) is 1. The van der Waals surface area contributed by atoms with Gasteiger partial charge < -0.3 is 9.51 Å². The second-order valence-corrected chi connectivity index (χ2v) is 6.38. The summed E-state index contributed by atoms with van der Waals surface area (Å²) in [6.07, 6.45) is 0. The van der Waals surface area contributed by atoms with E-state index in [9.17, 15) is 0 Å². The summed E-state index contributed by atoms with van der Waals surface area (Å²) in [5.41, 5.74) is 8.24. The van der Waals surface area contributed by atoms with Gasteiger partial charge in [0.1, 0.15) is 11.6 Å². The van der Waals surface area contributed by atoms with Crippen molar-refractivity contribution >= 4 is 22.6 Å². The van der Waals surface area contributed by atoms with E-state index in [1.807, 2.05) is 27.7 Å². The quantitative estimate of drug-likeness (QED) is 0.544. The highest BCUT2D eigenvalue weighted by Crippen LogP contribution is 2.36. The van der Waals surface area contributed by atoms with Gasteiger partial charge in [-0.3, -0.25) is 0 Å². The summed E-state index contributed by atoms with van der Waals surface area (Å²) in [7, 11) is 0. The number of fused-ring (bicyclic) bond motifs is 1. The SMILES string of the molecule is C.Cc1nc2c(-c3csnc3C)cc(-c3c(C)noc3C)cc2[nH]1. The summed E-state index contributed by atoms with van der Waals surface area (Å²) in [6.45, 7) is 7.90. The predicted molar refractivity (Wildman–Crippen MR) is 98.4 cm³/mol. The molecule has 124 valence electrons. The van der Waals surface area contributed by atoms with Crippen molar-refractivity contribution in [2.75, 3.05) is 0 Å². The molecule has 0 radical (unpaired) electrons. The lowest BCUT2D eigenvalue weighted by Crippen LogP contribution is -1.87. The molecule has 0 saturated carbocycles. The number of aromatic nitrogens is 4. The van der Waals surface area contributed by atoms with E-state index in [1.165, 1.54) is 11.5 Å². The molecule has 1 N–H and O–H groups in total. The highest BCUT2D eigenvalue weighted by atomic mass is 32.1. The Labute approximate surface area is 144 Å². The van der Waals surface area contributed by atoms with Crippen molar-refractivity contribution in [1.82, 2.24) is 19.5 Å². The second-order valence-electron chi connectivity index (χ2n) is 5.75. The normalized spacial score (nSPS) is 11.0. The zero-order chi connectivity index (χ0) is 16.1. The van der Waals surface area contributed by atoms with Crippen LogP contribution in [-0.4, -0.2) is 19.5 Å². The van der Waals surface area contributed by atoms with E-state index in [2.05, 4.69) is 37.0 Å². The first-order chi connectivity index (χ1) is 11.0. The van der Waals surface area contributed by atoms with Gasteiger partial charge in [-0.25, -0.2) is 4.98 Å². The van der Waals surface area contributed by atoms with Crippen LogP contribution >= 0.6 is 11.5 Å². The van der Waals surface area contributed by atoms with Crippen LogP contribution in [0.4, 0.5) is 0 Å². The van der Waals surface area contributed by atoms with Crippen LogP contribution < -0.4 is 0 Å². The van der Waals surface area contributed by atoms with E-state index in [1.54, 1.807) is 0 Å². The molecule has 0 spiro atoms. The minimum atomic E-state index is 0. The topological polar surface area (TPSA) is 67.6 Å². The molecule has 0 aliphatic rings. The molecule has 0 bridgehead atoms. The minimum Gasteiger partial charge on any atom is -0.361 e. The van der Waals surface area contributed by atoms with Gasteiger partial charge >= 0.3 is 0 Å². The van der Waals surface area contributed by atoms with Gasteiger partial charge in [-0.15, -0.1) is 0 Å². The summed E-state index contributed by atoms with van der Waals surface area (Å²) < 4.78 is 9.74. The summed E-state index contributed by atoms with van der Waals surface area (Å²) in [5.74, 6) is 1.72. The minimum absolute atomic E-state index is 0. The Hall–Kier alpha value is -2.47. The summed E-state index contributed by atoms with van der Waals surface area (Å²) in [6, 6.07) is 4.27. The maximum absolute atomic E-state index is 5.34. The van der Waals surface area contributed by atoms with Crippen LogP contribution in [0.1, 0.15) is 30.4 Å². The second kappa shape index (κ2) is 5.87. The van der Waals surface area contributed by atoms with Crippen molar-refractivity contribution < 1.29 is 4.52 Å². The number of benzene rings is 1. The van der Waals surface area contributed by atoms with E-state index in [-0.39, 0.29) is 7.43 Å². The lowest BCUT2D eigenvalue weighted by molar-refractivity contribution is 0.393. The van der Waals surface area contributed by atoms with Gasteiger partial charge in [-0.05, 0) is 56.9 Å². The van der Waals surface area contributed by atoms with E-state index >= 15 is 0 Å². The Balaban J connectivity index is 0.00000169. The van der Waals surface area contributed by atoms with Crippen LogP contribution in [0.5, 0.6) is 0 Å². The number of hydrogen-bond acceptors (Lipinski definition) is 5. The highest BCUT2D eigenvalue weighted by Gasteiger charge is 2.18. The van der Waals surface area contributed by atoms with Crippen LogP contribution in [-0.2, 0) is 0 Å². The smallest absolute Gasteiger partial charge is 0.141 e. The monoisotopic (exact) mass is 340 g/mol. The number of imidazole rings is 1. The van der Waals surface area contributed by atoms with Gasteiger partial charge in [-0.2, -0.15) is 4.37 Å². The third kappa shape index (κ3) is 2.43. The maximum Gasteiger partial charge on any atom is 0.141 e. The number of rotatable bonds is 2. The Morgan fingerprint density at radius 3 is 2.46 bits per heavy atom. The lowest BCUT2D eigenvalue weighted by atomic mass is 9.97. The lowest BCUT2D eigenvalue weighted by Gasteiger charge is -2.06. The molecule has 0 aliphatic carbocycles. The molecule has 0 unspecified atom stereocenters. The van der Waals surface area contributed by atoms with Gasteiger partial charge in [0, 0.05) is 22.1 Å². The van der Waals surface area contributed by atoms with Crippen molar-refractivity contribution in [2.45, 2.75) is 35.1 Å². The molecule has 0 amide bonds. The summed E-state index contributed by atoms with van der Waals surface area (Å²) >= 11 is 1.47. The Morgan fingerprint density at radius 1 is 1.04 bits per heavy atom. The van der Waals surface area contributed by atoms with E-state index in [4.69, 9.17) is 4.52 Å². The van der Waals surface area contributed by atoms with Crippen LogP contribution in [0.2, 0.25) is 0 Å². The van der Waals surface area contributed by atoms with Crippen molar-refractivity contribution in [3.05, 3.63) is 40.5 Å². The third-order valence-corrected chi connectivity index (χ3v) is 4.79. The first-order valence-electron chi connectivity index (χ1n) is 7.39. The van der Waals surface area contributed by atoms with Crippen molar-refractivity contribution in [2.24, 2.45) is 0 Å². The van der Waals surface area contributed by atoms with Gasteiger partial charge in [-0.1, -0.05) is 12.6 Å². The summed E-state index contributed by atoms with van der Waals surface area (Å²) in [5, 5.41) is 6.15. The maximum atomic E-state index is 5.34. The first-order valence-corrected chi connectivity index (χ1v) is 8.23. The van der Waals surface area contributed by atoms with Crippen LogP contribution in [0, 0.1) is 27.7 Å². The molecule has 1 aromatic carbocycles. The van der Waals surface area contributed by atoms with Crippen LogP contribution in [0.25, 0.3) is 33.3 Å². The van der Waals surface area contributed by atoms with Gasteiger partial charge in [0.25, 0.3) is 0 Å². The largest absolute Gasteiger partial charge is 0.361 e. The van der Waals surface area contributed by atoms with Crippen LogP contribution in [0.3, 0.4) is 0 Å². The number of nitrogens with one attached hydrogen (secondary N) is 1. The van der Waals surface area contributed by atoms with Crippen molar-refractivity contribution in [1.29, 1.82) is 0 Å².